The van der Waals surface area contributed by atoms with Crippen molar-refractivity contribution in [2.24, 2.45) is 5.92 Å². The SMILES string of the molecule is CC/C=C/[C@H](CC)C[C@@]1(CC)C=C(CC)/C(=C\C(=O)OC)O1. The van der Waals surface area contributed by atoms with E-state index in [1.54, 1.807) is 0 Å². The van der Waals surface area contributed by atoms with E-state index >= 15 is 0 Å². The molecule has 0 aliphatic carbocycles. The molecule has 0 amide bonds. The molecule has 0 saturated heterocycles. The highest BCUT2D eigenvalue weighted by Crippen LogP contribution is 2.40. The van der Waals surface area contributed by atoms with Crippen LogP contribution in [0.5, 0.6) is 0 Å². The number of rotatable bonds is 8. The molecule has 0 N–H and O–H groups in total. The minimum absolute atomic E-state index is 0.302. The Morgan fingerprint density at radius 1 is 1.36 bits per heavy atom. The smallest absolute Gasteiger partial charge is 0.334 e. The molecule has 0 aromatic carbocycles. The monoisotopic (exact) mass is 306 g/mol. The minimum Gasteiger partial charge on any atom is -0.483 e. The maximum Gasteiger partial charge on any atom is 0.334 e. The summed E-state index contributed by atoms with van der Waals surface area (Å²) in [5, 5.41) is 0. The van der Waals surface area contributed by atoms with E-state index in [0.717, 1.165) is 37.7 Å². The summed E-state index contributed by atoms with van der Waals surface area (Å²) in [7, 11) is 1.39. The summed E-state index contributed by atoms with van der Waals surface area (Å²) >= 11 is 0. The summed E-state index contributed by atoms with van der Waals surface area (Å²) in [4.78, 5) is 11.5. The summed E-state index contributed by atoms with van der Waals surface area (Å²) in [6, 6.07) is 0. The molecule has 124 valence electrons. The first-order chi connectivity index (χ1) is 10.5. The fraction of sp³-hybridized carbons (Fsp3) is 0.632. The summed E-state index contributed by atoms with van der Waals surface area (Å²) in [6.45, 7) is 8.58. The fourth-order valence-corrected chi connectivity index (χ4v) is 2.81. The summed E-state index contributed by atoms with van der Waals surface area (Å²) in [6.07, 6.45) is 13.0. The molecule has 0 radical (unpaired) electrons. The fourth-order valence-electron chi connectivity index (χ4n) is 2.81. The lowest BCUT2D eigenvalue weighted by Gasteiger charge is -2.29. The van der Waals surface area contributed by atoms with Crippen LogP contribution in [0.15, 0.2) is 35.6 Å². The standard InChI is InChI=1S/C19H30O3/c1-6-10-11-15(7-2)13-19(9-4)14-16(8-3)17(22-19)12-18(20)21-5/h10-12,14-15H,6-9,13H2,1-5H3/b11-10+,17-12+/t15-,19-/m0/s1. The Labute approximate surface area is 135 Å². The van der Waals surface area contributed by atoms with Gasteiger partial charge in [0, 0.05) is 0 Å². The largest absolute Gasteiger partial charge is 0.483 e. The third kappa shape index (κ3) is 4.75. The molecule has 0 spiro atoms. The van der Waals surface area contributed by atoms with Gasteiger partial charge >= 0.3 is 5.97 Å². The van der Waals surface area contributed by atoms with Gasteiger partial charge in [-0.25, -0.2) is 4.79 Å². The van der Waals surface area contributed by atoms with Gasteiger partial charge in [-0.05, 0) is 49.7 Å². The third-order valence-electron chi connectivity index (χ3n) is 4.27. The lowest BCUT2D eigenvalue weighted by molar-refractivity contribution is -0.135. The highest BCUT2D eigenvalue weighted by atomic mass is 16.5. The topological polar surface area (TPSA) is 35.5 Å². The van der Waals surface area contributed by atoms with E-state index in [2.05, 4.69) is 45.9 Å². The maximum absolute atomic E-state index is 11.5. The summed E-state index contributed by atoms with van der Waals surface area (Å²) in [5.41, 5.74) is 0.797. The molecule has 0 aromatic rings. The lowest BCUT2D eigenvalue weighted by atomic mass is 9.86. The molecule has 0 bridgehead atoms. The van der Waals surface area contributed by atoms with Crippen molar-refractivity contribution < 1.29 is 14.3 Å². The van der Waals surface area contributed by atoms with Crippen molar-refractivity contribution in [3.63, 3.8) is 0 Å². The van der Waals surface area contributed by atoms with E-state index in [-0.39, 0.29) is 11.6 Å². The number of allylic oxidation sites excluding steroid dienone is 3. The molecular formula is C19H30O3. The quantitative estimate of drug-likeness (QED) is 0.362. The molecule has 0 unspecified atom stereocenters. The molecule has 22 heavy (non-hydrogen) atoms. The number of carbonyl (C=O) groups is 1. The maximum atomic E-state index is 11.5. The predicted octanol–water partition coefficient (Wildman–Crippen LogP) is 4.94. The van der Waals surface area contributed by atoms with Crippen LogP contribution in [0.2, 0.25) is 0 Å². The average Bonchev–Trinajstić information content (AvgIpc) is 2.89. The van der Waals surface area contributed by atoms with Crippen molar-refractivity contribution >= 4 is 5.97 Å². The molecule has 0 saturated carbocycles. The number of hydrogen-bond donors (Lipinski definition) is 0. The van der Waals surface area contributed by atoms with Gasteiger partial charge in [-0.15, -0.1) is 0 Å². The summed E-state index contributed by atoms with van der Waals surface area (Å²) < 4.78 is 10.9. The van der Waals surface area contributed by atoms with Crippen LogP contribution in [0.4, 0.5) is 0 Å². The highest BCUT2D eigenvalue weighted by Gasteiger charge is 2.37. The van der Waals surface area contributed by atoms with Crippen molar-refractivity contribution in [2.45, 2.75) is 65.4 Å². The Bertz CT molecular complexity index is 459. The van der Waals surface area contributed by atoms with E-state index in [1.807, 2.05) is 0 Å². The Morgan fingerprint density at radius 2 is 2.09 bits per heavy atom. The van der Waals surface area contributed by atoms with E-state index in [4.69, 9.17) is 9.47 Å². The Kier molecular flexibility index (Phi) is 7.43. The van der Waals surface area contributed by atoms with Crippen LogP contribution in [0.3, 0.4) is 0 Å². The van der Waals surface area contributed by atoms with Crippen LogP contribution < -0.4 is 0 Å². The van der Waals surface area contributed by atoms with Crippen LogP contribution >= 0.6 is 0 Å². The molecule has 2 atom stereocenters. The third-order valence-corrected chi connectivity index (χ3v) is 4.27. The zero-order valence-corrected chi connectivity index (χ0v) is 14.6. The first-order valence-corrected chi connectivity index (χ1v) is 8.41. The lowest BCUT2D eigenvalue weighted by Crippen LogP contribution is -2.28. The number of ether oxygens (including phenoxy) is 2. The van der Waals surface area contributed by atoms with E-state index in [9.17, 15) is 4.79 Å². The average molecular weight is 306 g/mol. The number of hydrogen-bond acceptors (Lipinski definition) is 3. The molecule has 1 aliphatic heterocycles. The van der Waals surface area contributed by atoms with Gasteiger partial charge in [0.1, 0.15) is 11.4 Å². The molecule has 1 heterocycles. The molecule has 1 aliphatic rings. The second kappa shape index (κ2) is 8.82. The second-order valence-corrected chi connectivity index (χ2v) is 5.78. The van der Waals surface area contributed by atoms with Gasteiger partial charge in [-0.1, -0.05) is 39.8 Å². The van der Waals surface area contributed by atoms with Gasteiger partial charge in [0.25, 0.3) is 0 Å². The highest BCUT2D eigenvalue weighted by molar-refractivity contribution is 5.83. The molecule has 3 heteroatoms. The van der Waals surface area contributed by atoms with Gasteiger partial charge in [0.05, 0.1) is 13.2 Å². The zero-order valence-electron chi connectivity index (χ0n) is 14.6. The van der Waals surface area contributed by atoms with Gasteiger partial charge in [0.15, 0.2) is 0 Å². The summed E-state index contributed by atoms with van der Waals surface area (Å²) in [5.74, 6) is 0.802. The Balaban J connectivity index is 2.99. The number of carbonyl (C=O) groups excluding carboxylic acids is 1. The number of esters is 1. The first-order valence-electron chi connectivity index (χ1n) is 8.41. The van der Waals surface area contributed by atoms with Gasteiger partial charge in [-0.2, -0.15) is 0 Å². The van der Waals surface area contributed by atoms with Crippen molar-refractivity contribution in [1.29, 1.82) is 0 Å². The molecule has 0 fully saturated rings. The van der Waals surface area contributed by atoms with E-state index < -0.39 is 0 Å². The van der Waals surface area contributed by atoms with Crippen LogP contribution in [-0.4, -0.2) is 18.7 Å². The van der Waals surface area contributed by atoms with Crippen LogP contribution in [0.1, 0.15) is 59.8 Å². The number of methoxy groups -OCH3 is 1. The Hall–Kier alpha value is -1.51. The van der Waals surface area contributed by atoms with Gasteiger partial charge in [-0.3, -0.25) is 0 Å². The van der Waals surface area contributed by atoms with Gasteiger partial charge < -0.3 is 9.47 Å². The van der Waals surface area contributed by atoms with E-state index in [0.29, 0.717) is 11.7 Å². The van der Waals surface area contributed by atoms with Crippen molar-refractivity contribution in [2.75, 3.05) is 7.11 Å². The predicted molar refractivity (Wildman–Crippen MR) is 90.4 cm³/mol. The van der Waals surface area contributed by atoms with E-state index in [1.165, 1.54) is 13.2 Å². The minimum atomic E-state index is -0.362. The van der Waals surface area contributed by atoms with Crippen LogP contribution in [-0.2, 0) is 14.3 Å². The van der Waals surface area contributed by atoms with Gasteiger partial charge in [0.2, 0.25) is 0 Å². The molecule has 0 aromatic heterocycles. The van der Waals surface area contributed by atoms with Crippen molar-refractivity contribution in [1.82, 2.24) is 0 Å². The van der Waals surface area contributed by atoms with Crippen molar-refractivity contribution in [3.05, 3.63) is 35.6 Å². The Morgan fingerprint density at radius 3 is 2.59 bits per heavy atom. The van der Waals surface area contributed by atoms with Crippen LogP contribution in [0.25, 0.3) is 0 Å². The normalized spacial score (nSPS) is 24.4. The molecule has 1 rings (SSSR count). The first kappa shape index (κ1) is 18.5. The molecule has 3 nitrogen and oxygen atoms in total. The zero-order chi connectivity index (χ0) is 16.6. The second-order valence-electron chi connectivity index (χ2n) is 5.78. The van der Waals surface area contributed by atoms with Crippen molar-refractivity contribution in [3.8, 4) is 0 Å². The van der Waals surface area contributed by atoms with Crippen LogP contribution in [0, 0.1) is 5.92 Å². The molecular weight excluding hydrogens is 276 g/mol.